The number of hydrogen-bond acceptors (Lipinski definition) is 4. The largest absolute Gasteiger partial charge is 0.394 e. The van der Waals surface area contributed by atoms with E-state index in [0.29, 0.717) is 5.69 Å². The minimum absolute atomic E-state index is 0.0289. The van der Waals surface area contributed by atoms with Crippen molar-refractivity contribution in [3.05, 3.63) is 11.4 Å². The van der Waals surface area contributed by atoms with Gasteiger partial charge in [-0.15, -0.1) is 5.10 Å². The molecule has 0 bridgehead atoms. The Morgan fingerprint density at radius 1 is 1.71 bits per heavy atom. The predicted molar refractivity (Wildman–Crippen MR) is 49.7 cm³/mol. The number of aliphatic hydroxyl groups is 1. The van der Waals surface area contributed by atoms with Crippen molar-refractivity contribution in [3.63, 3.8) is 0 Å². The van der Waals surface area contributed by atoms with Crippen molar-refractivity contribution >= 4 is 5.91 Å². The summed E-state index contributed by atoms with van der Waals surface area (Å²) in [5, 5.41) is 16.5. The van der Waals surface area contributed by atoms with Gasteiger partial charge in [-0.2, -0.15) is 0 Å². The fourth-order valence-corrected chi connectivity index (χ4v) is 1.29. The monoisotopic (exact) mass is 198 g/mol. The van der Waals surface area contributed by atoms with Gasteiger partial charge < -0.3 is 10.8 Å². The number of hydrogen-bond donors (Lipinski definition) is 2. The van der Waals surface area contributed by atoms with Crippen molar-refractivity contribution in [3.8, 4) is 0 Å². The van der Waals surface area contributed by atoms with Gasteiger partial charge in [0.1, 0.15) is 0 Å². The van der Waals surface area contributed by atoms with E-state index in [2.05, 4.69) is 10.3 Å². The van der Waals surface area contributed by atoms with E-state index in [0.717, 1.165) is 6.42 Å². The van der Waals surface area contributed by atoms with Gasteiger partial charge in [-0.25, -0.2) is 4.68 Å². The molecule has 0 fully saturated rings. The standard InChI is InChI=1S/C8H14N4O2/c1-3-6(4-13)12-5(2)7(8(9)14)10-11-12/h6,13H,3-4H2,1-2H3,(H2,9,14). The first kappa shape index (κ1) is 10.6. The number of carbonyl (C=O) groups is 1. The second-order valence-corrected chi connectivity index (χ2v) is 3.08. The minimum Gasteiger partial charge on any atom is -0.394 e. The van der Waals surface area contributed by atoms with Crippen molar-refractivity contribution in [1.82, 2.24) is 15.0 Å². The van der Waals surface area contributed by atoms with Gasteiger partial charge in [-0.1, -0.05) is 12.1 Å². The average molecular weight is 198 g/mol. The highest BCUT2D eigenvalue weighted by molar-refractivity contribution is 5.91. The molecule has 1 atom stereocenters. The third kappa shape index (κ3) is 1.74. The highest BCUT2D eigenvalue weighted by Gasteiger charge is 2.17. The summed E-state index contributed by atoms with van der Waals surface area (Å²) < 4.78 is 1.53. The van der Waals surface area contributed by atoms with Gasteiger partial charge in [0.2, 0.25) is 0 Å². The molecule has 1 amide bonds. The quantitative estimate of drug-likeness (QED) is 0.690. The molecule has 1 rings (SSSR count). The van der Waals surface area contributed by atoms with Gasteiger partial charge in [0.05, 0.1) is 18.3 Å². The normalized spacial score (nSPS) is 12.8. The van der Waals surface area contributed by atoms with Crippen molar-refractivity contribution in [2.24, 2.45) is 5.73 Å². The average Bonchev–Trinajstić information content (AvgIpc) is 2.51. The number of primary amides is 1. The van der Waals surface area contributed by atoms with Crippen molar-refractivity contribution < 1.29 is 9.90 Å². The van der Waals surface area contributed by atoms with E-state index in [1.807, 2.05) is 6.92 Å². The molecule has 1 unspecified atom stereocenters. The van der Waals surface area contributed by atoms with E-state index in [1.165, 1.54) is 4.68 Å². The summed E-state index contributed by atoms with van der Waals surface area (Å²) in [5.41, 5.74) is 5.85. The third-order valence-electron chi connectivity index (χ3n) is 2.19. The first-order valence-electron chi connectivity index (χ1n) is 4.44. The lowest BCUT2D eigenvalue weighted by molar-refractivity contribution is 0.0994. The minimum atomic E-state index is -0.596. The van der Waals surface area contributed by atoms with Gasteiger partial charge in [-0.3, -0.25) is 4.79 Å². The van der Waals surface area contributed by atoms with Crippen LogP contribution >= 0.6 is 0 Å². The van der Waals surface area contributed by atoms with Gasteiger partial charge in [0, 0.05) is 0 Å². The molecule has 0 saturated carbocycles. The summed E-state index contributed by atoms with van der Waals surface area (Å²) >= 11 is 0. The SMILES string of the molecule is CCC(CO)n1nnc(C(N)=O)c1C. The third-order valence-corrected chi connectivity index (χ3v) is 2.19. The van der Waals surface area contributed by atoms with Crippen LogP contribution in [-0.2, 0) is 0 Å². The molecule has 78 valence electrons. The Morgan fingerprint density at radius 3 is 2.71 bits per heavy atom. The zero-order chi connectivity index (χ0) is 10.7. The second-order valence-electron chi connectivity index (χ2n) is 3.08. The molecule has 0 aliphatic heterocycles. The predicted octanol–water partition coefficient (Wildman–Crippen LogP) is -0.371. The van der Waals surface area contributed by atoms with Gasteiger partial charge in [0.15, 0.2) is 5.69 Å². The highest BCUT2D eigenvalue weighted by atomic mass is 16.3. The van der Waals surface area contributed by atoms with Gasteiger partial charge in [-0.05, 0) is 13.3 Å². The lowest BCUT2D eigenvalue weighted by Crippen LogP contribution is -2.17. The maximum Gasteiger partial charge on any atom is 0.271 e. The first-order valence-corrected chi connectivity index (χ1v) is 4.44. The summed E-state index contributed by atoms with van der Waals surface area (Å²) in [4.78, 5) is 10.9. The van der Waals surface area contributed by atoms with E-state index >= 15 is 0 Å². The number of rotatable bonds is 4. The zero-order valence-corrected chi connectivity index (χ0v) is 8.27. The van der Waals surface area contributed by atoms with Gasteiger partial charge >= 0.3 is 0 Å². The van der Waals surface area contributed by atoms with E-state index < -0.39 is 5.91 Å². The van der Waals surface area contributed by atoms with Crippen LogP contribution in [0.4, 0.5) is 0 Å². The summed E-state index contributed by atoms with van der Waals surface area (Å²) in [7, 11) is 0. The van der Waals surface area contributed by atoms with Crippen LogP contribution in [0.2, 0.25) is 0 Å². The lowest BCUT2D eigenvalue weighted by atomic mass is 10.2. The molecule has 0 radical (unpaired) electrons. The van der Waals surface area contributed by atoms with Crippen molar-refractivity contribution in [2.45, 2.75) is 26.3 Å². The van der Waals surface area contributed by atoms with Crippen LogP contribution in [0.15, 0.2) is 0 Å². The van der Waals surface area contributed by atoms with Crippen LogP contribution in [0.1, 0.15) is 35.6 Å². The molecular formula is C8H14N4O2. The smallest absolute Gasteiger partial charge is 0.271 e. The fourth-order valence-electron chi connectivity index (χ4n) is 1.29. The van der Waals surface area contributed by atoms with Crippen LogP contribution in [-0.4, -0.2) is 32.6 Å². The molecule has 1 aromatic rings. The van der Waals surface area contributed by atoms with E-state index in [9.17, 15) is 4.79 Å². The molecular weight excluding hydrogens is 184 g/mol. The summed E-state index contributed by atoms with van der Waals surface area (Å²) in [5.74, 6) is -0.596. The Hall–Kier alpha value is -1.43. The molecule has 1 aromatic heterocycles. The first-order chi connectivity index (χ1) is 6.61. The van der Waals surface area contributed by atoms with Crippen molar-refractivity contribution in [1.29, 1.82) is 0 Å². The van der Waals surface area contributed by atoms with Gasteiger partial charge in [0.25, 0.3) is 5.91 Å². The molecule has 6 heteroatoms. The Kier molecular flexibility index (Phi) is 3.19. The van der Waals surface area contributed by atoms with Crippen LogP contribution in [0, 0.1) is 6.92 Å². The molecule has 0 aromatic carbocycles. The molecule has 0 saturated heterocycles. The highest BCUT2D eigenvalue weighted by Crippen LogP contribution is 2.13. The Bertz CT molecular complexity index is 330. The molecule has 0 aliphatic carbocycles. The van der Waals surface area contributed by atoms with E-state index in [-0.39, 0.29) is 18.3 Å². The Morgan fingerprint density at radius 2 is 2.36 bits per heavy atom. The maximum atomic E-state index is 10.9. The molecule has 3 N–H and O–H groups in total. The summed E-state index contributed by atoms with van der Waals surface area (Å²) in [6.07, 6.45) is 0.721. The number of amides is 1. The topological polar surface area (TPSA) is 94.0 Å². The van der Waals surface area contributed by atoms with Crippen molar-refractivity contribution in [2.75, 3.05) is 6.61 Å². The Balaban J connectivity index is 3.05. The molecule has 0 aliphatic rings. The van der Waals surface area contributed by atoms with E-state index in [1.54, 1.807) is 6.92 Å². The number of carbonyl (C=O) groups excluding carboxylic acids is 1. The number of nitrogens with zero attached hydrogens (tertiary/aromatic N) is 3. The summed E-state index contributed by atoms with van der Waals surface area (Å²) in [6, 6.07) is -0.143. The van der Waals surface area contributed by atoms with Crippen LogP contribution in [0.5, 0.6) is 0 Å². The maximum absolute atomic E-state index is 10.9. The fraction of sp³-hybridized carbons (Fsp3) is 0.625. The number of aliphatic hydroxyl groups excluding tert-OH is 1. The van der Waals surface area contributed by atoms with Crippen LogP contribution < -0.4 is 5.73 Å². The molecule has 1 heterocycles. The number of aromatic nitrogens is 3. The number of nitrogens with two attached hydrogens (primary N) is 1. The molecule has 6 nitrogen and oxygen atoms in total. The molecule has 14 heavy (non-hydrogen) atoms. The molecule has 0 spiro atoms. The Labute approximate surface area is 81.7 Å². The lowest BCUT2D eigenvalue weighted by Gasteiger charge is -2.12. The van der Waals surface area contributed by atoms with Crippen LogP contribution in [0.25, 0.3) is 0 Å². The second kappa shape index (κ2) is 4.19. The zero-order valence-electron chi connectivity index (χ0n) is 8.27. The van der Waals surface area contributed by atoms with E-state index in [4.69, 9.17) is 10.8 Å². The summed E-state index contributed by atoms with van der Waals surface area (Å²) in [6.45, 7) is 3.60. The van der Waals surface area contributed by atoms with Crippen LogP contribution in [0.3, 0.4) is 0 Å².